The van der Waals surface area contributed by atoms with Crippen molar-refractivity contribution in [2.75, 3.05) is 33.1 Å². The second kappa shape index (κ2) is 7.78. The van der Waals surface area contributed by atoms with E-state index < -0.39 is 0 Å². The Bertz CT molecular complexity index is 449. The van der Waals surface area contributed by atoms with Crippen molar-refractivity contribution in [3.63, 3.8) is 0 Å². The molecular formula is C12H14BrClN2O4. The molecule has 1 aromatic heterocycles. The molecule has 1 saturated heterocycles. The van der Waals surface area contributed by atoms with Crippen LogP contribution in [-0.2, 0) is 20.8 Å². The Labute approximate surface area is 130 Å². The number of halogens is 2. The summed E-state index contributed by atoms with van der Waals surface area (Å²) < 4.78 is 16.1. The first kappa shape index (κ1) is 15.5. The number of pyridine rings is 1. The fourth-order valence-electron chi connectivity index (χ4n) is 1.69. The molecule has 2 rings (SSSR count). The number of aromatic nitrogens is 1. The first-order chi connectivity index (χ1) is 9.65. The quantitative estimate of drug-likeness (QED) is 0.466. The maximum Gasteiger partial charge on any atom is 0.412 e. The molecule has 1 fully saturated rings. The highest BCUT2D eigenvalue weighted by molar-refractivity contribution is 9.10. The van der Waals surface area contributed by atoms with Crippen molar-refractivity contribution in [3.05, 3.63) is 27.5 Å². The summed E-state index contributed by atoms with van der Waals surface area (Å²) in [6, 6.07) is 3.48. The molecule has 6 nitrogen and oxygen atoms in total. The van der Waals surface area contributed by atoms with Crippen LogP contribution in [0.2, 0.25) is 5.15 Å². The highest BCUT2D eigenvalue weighted by Crippen LogP contribution is 2.15. The smallest absolute Gasteiger partial charge is 0.412 e. The van der Waals surface area contributed by atoms with Crippen molar-refractivity contribution >= 4 is 33.6 Å². The summed E-state index contributed by atoms with van der Waals surface area (Å²) in [7, 11) is 0. The Morgan fingerprint density at radius 3 is 2.90 bits per heavy atom. The van der Waals surface area contributed by atoms with Crippen LogP contribution in [0, 0.1) is 0 Å². The van der Waals surface area contributed by atoms with Crippen LogP contribution in [0.3, 0.4) is 0 Å². The topological polar surface area (TPSA) is 60.9 Å². The molecule has 8 heteroatoms. The van der Waals surface area contributed by atoms with Crippen LogP contribution < -0.4 is 0 Å². The van der Waals surface area contributed by atoms with E-state index in [1.807, 2.05) is 0 Å². The van der Waals surface area contributed by atoms with Crippen molar-refractivity contribution in [3.8, 4) is 0 Å². The van der Waals surface area contributed by atoms with E-state index in [4.69, 9.17) is 25.8 Å². The normalized spacial score (nSPS) is 15.2. The summed E-state index contributed by atoms with van der Waals surface area (Å²) in [6.07, 6.45) is -0.387. The highest BCUT2D eigenvalue weighted by Gasteiger charge is 2.17. The summed E-state index contributed by atoms with van der Waals surface area (Å²) in [5.41, 5.74) is 0.847. The van der Waals surface area contributed by atoms with Crippen LogP contribution >= 0.6 is 27.5 Å². The molecule has 0 atom stereocenters. The number of hydrogen-bond acceptors (Lipinski definition) is 5. The minimum atomic E-state index is -0.387. The van der Waals surface area contributed by atoms with Gasteiger partial charge in [0.25, 0.3) is 0 Å². The fourth-order valence-corrected chi connectivity index (χ4v) is 2.50. The van der Waals surface area contributed by atoms with Crippen molar-refractivity contribution in [1.82, 2.24) is 9.88 Å². The van der Waals surface area contributed by atoms with Crippen LogP contribution in [0.4, 0.5) is 4.79 Å². The van der Waals surface area contributed by atoms with Crippen LogP contribution in [0.5, 0.6) is 0 Å². The molecule has 1 amide bonds. The lowest BCUT2D eigenvalue weighted by Crippen LogP contribution is -2.41. The van der Waals surface area contributed by atoms with E-state index in [0.29, 0.717) is 36.1 Å². The molecule has 0 aromatic carbocycles. The van der Waals surface area contributed by atoms with Gasteiger partial charge in [-0.15, -0.1) is 0 Å². The lowest BCUT2D eigenvalue weighted by atomic mass is 10.3. The number of amides is 1. The first-order valence-electron chi connectivity index (χ1n) is 6.04. The third kappa shape index (κ3) is 4.90. The third-order valence-electron chi connectivity index (χ3n) is 2.63. The number of carbonyl (C=O) groups excluding carboxylic acids is 1. The van der Waals surface area contributed by atoms with Gasteiger partial charge in [0.15, 0.2) is 6.79 Å². The summed E-state index contributed by atoms with van der Waals surface area (Å²) in [6.45, 7) is 2.36. The summed E-state index contributed by atoms with van der Waals surface area (Å²) in [5.74, 6) is 0. The third-order valence-corrected chi connectivity index (χ3v) is 3.23. The van der Waals surface area contributed by atoms with E-state index in [0.717, 1.165) is 5.56 Å². The maximum atomic E-state index is 11.6. The Hall–Kier alpha value is -0.890. The lowest BCUT2D eigenvalue weighted by molar-refractivity contribution is -0.0453. The Morgan fingerprint density at radius 1 is 1.45 bits per heavy atom. The Balaban J connectivity index is 1.69. The van der Waals surface area contributed by atoms with Gasteiger partial charge in [-0.25, -0.2) is 9.78 Å². The van der Waals surface area contributed by atoms with E-state index in [1.165, 1.54) is 0 Å². The second-order valence-electron chi connectivity index (χ2n) is 4.10. The van der Waals surface area contributed by atoms with Gasteiger partial charge in [-0.2, -0.15) is 0 Å². The molecule has 1 aliphatic rings. The SMILES string of the molecule is O=C(OCOCc1cc(Cl)nc(Br)c1)N1CCOCC1. The predicted octanol–water partition coefficient (Wildman–Crippen LogP) is 2.44. The van der Waals surface area contributed by atoms with E-state index in [1.54, 1.807) is 17.0 Å². The van der Waals surface area contributed by atoms with Gasteiger partial charge in [-0.05, 0) is 33.6 Å². The monoisotopic (exact) mass is 364 g/mol. The molecular weight excluding hydrogens is 351 g/mol. The molecule has 0 bridgehead atoms. The molecule has 0 radical (unpaired) electrons. The van der Waals surface area contributed by atoms with Crippen LogP contribution in [-0.4, -0.2) is 49.1 Å². The molecule has 1 aromatic rings. The van der Waals surface area contributed by atoms with Gasteiger partial charge in [0.2, 0.25) is 0 Å². The molecule has 110 valence electrons. The number of ether oxygens (including phenoxy) is 3. The number of nitrogens with zero attached hydrogens (tertiary/aromatic N) is 2. The Morgan fingerprint density at radius 2 is 2.20 bits per heavy atom. The number of morpholine rings is 1. The molecule has 0 aliphatic carbocycles. The van der Waals surface area contributed by atoms with Crippen molar-refractivity contribution in [2.45, 2.75) is 6.61 Å². The number of rotatable bonds is 4. The molecule has 0 spiro atoms. The average Bonchev–Trinajstić information content (AvgIpc) is 2.43. The van der Waals surface area contributed by atoms with Crippen molar-refractivity contribution in [1.29, 1.82) is 0 Å². The minimum Gasteiger partial charge on any atom is -0.422 e. The molecule has 0 unspecified atom stereocenters. The largest absolute Gasteiger partial charge is 0.422 e. The predicted molar refractivity (Wildman–Crippen MR) is 75.5 cm³/mol. The zero-order valence-electron chi connectivity index (χ0n) is 10.7. The highest BCUT2D eigenvalue weighted by atomic mass is 79.9. The zero-order valence-corrected chi connectivity index (χ0v) is 13.0. The minimum absolute atomic E-state index is 0.103. The van der Waals surface area contributed by atoms with Gasteiger partial charge in [-0.1, -0.05) is 11.6 Å². The van der Waals surface area contributed by atoms with Gasteiger partial charge in [0.05, 0.1) is 19.8 Å². The van der Waals surface area contributed by atoms with Gasteiger partial charge in [0, 0.05) is 13.1 Å². The molecule has 20 heavy (non-hydrogen) atoms. The van der Waals surface area contributed by atoms with E-state index in [-0.39, 0.29) is 19.5 Å². The van der Waals surface area contributed by atoms with Gasteiger partial charge in [-0.3, -0.25) is 0 Å². The zero-order chi connectivity index (χ0) is 14.4. The van der Waals surface area contributed by atoms with Gasteiger partial charge < -0.3 is 19.1 Å². The molecule has 0 saturated carbocycles. The number of hydrogen-bond donors (Lipinski definition) is 0. The average molecular weight is 366 g/mol. The molecule has 0 N–H and O–H groups in total. The fraction of sp³-hybridized carbons (Fsp3) is 0.500. The van der Waals surface area contributed by atoms with E-state index in [9.17, 15) is 4.79 Å². The standard InChI is InChI=1S/C12H14BrClN2O4/c13-10-5-9(6-11(14)15-10)7-19-8-20-12(17)16-1-3-18-4-2-16/h5-6H,1-4,7-8H2. The van der Waals surface area contributed by atoms with E-state index in [2.05, 4.69) is 20.9 Å². The summed E-state index contributed by atoms with van der Waals surface area (Å²) in [5, 5.41) is 0.378. The molecule has 2 heterocycles. The summed E-state index contributed by atoms with van der Waals surface area (Å²) >= 11 is 9.06. The Kier molecular flexibility index (Phi) is 6.03. The second-order valence-corrected chi connectivity index (χ2v) is 5.30. The maximum absolute atomic E-state index is 11.6. The van der Waals surface area contributed by atoms with Crippen LogP contribution in [0.1, 0.15) is 5.56 Å². The lowest BCUT2D eigenvalue weighted by Gasteiger charge is -2.25. The van der Waals surface area contributed by atoms with Gasteiger partial charge in [0.1, 0.15) is 9.76 Å². The van der Waals surface area contributed by atoms with Crippen LogP contribution in [0.25, 0.3) is 0 Å². The van der Waals surface area contributed by atoms with E-state index >= 15 is 0 Å². The van der Waals surface area contributed by atoms with Gasteiger partial charge >= 0.3 is 6.09 Å². The number of carbonyl (C=O) groups is 1. The van der Waals surface area contributed by atoms with Crippen LogP contribution in [0.15, 0.2) is 16.7 Å². The first-order valence-corrected chi connectivity index (χ1v) is 7.21. The van der Waals surface area contributed by atoms with Crippen molar-refractivity contribution in [2.24, 2.45) is 0 Å². The summed E-state index contributed by atoms with van der Waals surface area (Å²) in [4.78, 5) is 17.2. The van der Waals surface area contributed by atoms with Crippen molar-refractivity contribution < 1.29 is 19.0 Å². The molecule has 1 aliphatic heterocycles.